The number of hydrogen-bond donors (Lipinski definition) is 3. The van der Waals surface area contributed by atoms with Crippen molar-refractivity contribution in [2.45, 2.75) is 36.7 Å². The van der Waals surface area contributed by atoms with Crippen molar-refractivity contribution in [3.63, 3.8) is 0 Å². The molecule has 2 heterocycles. The summed E-state index contributed by atoms with van der Waals surface area (Å²) in [5.74, 6) is -0.0421. The number of nitrogens with two attached hydrogens (primary N) is 1. The number of sulfonamides is 1. The van der Waals surface area contributed by atoms with Gasteiger partial charge in [-0.3, -0.25) is 4.68 Å². The van der Waals surface area contributed by atoms with Gasteiger partial charge in [0.15, 0.2) is 5.82 Å². The summed E-state index contributed by atoms with van der Waals surface area (Å²) in [6, 6.07) is 0. The number of anilines is 1. The zero-order chi connectivity index (χ0) is 14.8. The van der Waals surface area contributed by atoms with Gasteiger partial charge in [0.05, 0.1) is 12.1 Å². The monoisotopic (exact) mass is 304 g/mol. The molecule has 0 aliphatic carbocycles. The van der Waals surface area contributed by atoms with Crippen LogP contribution in [0.4, 0.5) is 5.82 Å². The number of ether oxygens (including phenoxy) is 1. The maximum atomic E-state index is 12.4. The van der Waals surface area contributed by atoms with Gasteiger partial charge in [0.2, 0.25) is 10.0 Å². The van der Waals surface area contributed by atoms with Crippen molar-refractivity contribution < 1.29 is 18.3 Å². The van der Waals surface area contributed by atoms with E-state index in [0.29, 0.717) is 32.6 Å². The van der Waals surface area contributed by atoms with Crippen molar-refractivity contribution in [1.29, 1.82) is 0 Å². The van der Waals surface area contributed by atoms with Crippen LogP contribution in [0.25, 0.3) is 0 Å². The molecule has 0 saturated carbocycles. The second-order valence-corrected chi connectivity index (χ2v) is 6.54. The summed E-state index contributed by atoms with van der Waals surface area (Å²) < 4.78 is 34.1. The molecule has 1 aliphatic rings. The number of aliphatic hydroxyl groups is 1. The maximum Gasteiger partial charge on any atom is 0.246 e. The highest BCUT2D eigenvalue weighted by Crippen LogP contribution is 2.25. The first kappa shape index (κ1) is 15.2. The van der Waals surface area contributed by atoms with Crippen LogP contribution in [-0.2, 0) is 21.3 Å². The molecule has 0 bridgehead atoms. The highest BCUT2D eigenvalue weighted by atomic mass is 32.2. The van der Waals surface area contributed by atoms with E-state index in [4.69, 9.17) is 10.5 Å². The first-order chi connectivity index (χ1) is 9.42. The summed E-state index contributed by atoms with van der Waals surface area (Å²) >= 11 is 0. The summed E-state index contributed by atoms with van der Waals surface area (Å²) in [6.45, 7) is 2.90. The minimum Gasteiger partial charge on any atom is -0.394 e. The van der Waals surface area contributed by atoms with Crippen molar-refractivity contribution in [2.75, 3.05) is 25.6 Å². The smallest absolute Gasteiger partial charge is 0.246 e. The minimum atomic E-state index is -3.82. The Morgan fingerprint density at radius 1 is 1.55 bits per heavy atom. The predicted octanol–water partition coefficient (Wildman–Crippen LogP) is -0.695. The average Bonchev–Trinajstić information content (AvgIpc) is 2.81. The van der Waals surface area contributed by atoms with Gasteiger partial charge in [0.1, 0.15) is 4.90 Å². The van der Waals surface area contributed by atoms with Gasteiger partial charge in [-0.1, -0.05) is 0 Å². The topological polar surface area (TPSA) is 119 Å². The van der Waals surface area contributed by atoms with Crippen molar-refractivity contribution in [1.82, 2.24) is 14.5 Å². The second-order valence-electron chi connectivity index (χ2n) is 4.89. The molecule has 9 heteroatoms. The highest BCUT2D eigenvalue weighted by Gasteiger charge is 2.37. The van der Waals surface area contributed by atoms with E-state index in [-0.39, 0.29) is 17.3 Å². The van der Waals surface area contributed by atoms with Crippen molar-refractivity contribution in [3.8, 4) is 0 Å². The lowest BCUT2D eigenvalue weighted by atomic mass is 9.93. The molecule has 114 valence electrons. The first-order valence-electron chi connectivity index (χ1n) is 6.48. The molecular formula is C11H20N4O4S. The largest absolute Gasteiger partial charge is 0.394 e. The Kier molecular flexibility index (Phi) is 4.33. The molecule has 0 atom stereocenters. The predicted molar refractivity (Wildman–Crippen MR) is 72.5 cm³/mol. The molecule has 0 spiro atoms. The van der Waals surface area contributed by atoms with Gasteiger partial charge < -0.3 is 15.6 Å². The summed E-state index contributed by atoms with van der Waals surface area (Å²) in [7, 11) is -3.82. The van der Waals surface area contributed by atoms with Crippen LogP contribution >= 0.6 is 0 Å². The van der Waals surface area contributed by atoms with E-state index in [1.807, 2.05) is 6.92 Å². The Bertz CT molecular complexity index is 563. The number of nitrogens with zero attached hydrogens (tertiary/aromatic N) is 2. The molecule has 8 nitrogen and oxygen atoms in total. The molecule has 4 N–H and O–H groups in total. The van der Waals surface area contributed by atoms with Crippen LogP contribution in [0.5, 0.6) is 0 Å². The van der Waals surface area contributed by atoms with Crippen LogP contribution in [0.2, 0.25) is 0 Å². The Morgan fingerprint density at radius 2 is 2.20 bits per heavy atom. The van der Waals surface area contributed by atoms with E-state index in [1.165, 1.54) is 10.9 Å². The zero-order valence-electron chi connectivity index (χ0n) is 11.4. The van der Waals surface area contributed by atoms with Crippen LogP contribution < -0.4 is 10.5 Å². The number of aromatic nitrogens is 2. The number of nitrogens with one attached hydrogen (secondary N) is 1. The SMILES string of the molecule is CCn1cc(S(=O)(=O)NC2(CO)CCOCC2)c(N)n1. The van der Waals surface area contributed by atoms with E-state index in [2.05, 4.69) is 9.82 Å². The van der Waals surface area contributed by atoms with Gasteiger partial charge in [-0.2, -0.15) is 5.10 Å². The van der Waals surface area contributed by atoms with Crippen LogP contribution in [0.15, 0.2) is 11.1 Å². The Hall–Kier alpha value is -1.16. The number of rotatable bonds is 5. The van der Waals surface area contributed by atoms with Gasteiger partial charge in [-0.15, -0.1) is 0 Å². The molecule has 0 amide bonds. The molecule has 0 radical (unpaired) electrons. The van der Waals surface area contributed by atoms with Gasteiger partial charge in [0, 0.05) is 26.0 Å². The molecule has 1 aliphatic heterocycles. The van der Waals surface area contributed by atoms with Gasteiger partial charge in [-0.05, 0) is 19.8 Å². The zero-order valence-corrected chi connectivity index (χ0v) is 12.2. The van der Waals surface area contributed by atoms with E-state index >= 15 is 0 Å². The first-order valence-corrected chi connectivity index (χ1v) is 7.96. The van der Waals surface area contributed by atoms with Gasteiger partial charge >= 0.3 is 0 Å². The summed E-state index contributed by atoms with van der Waals surface area (Å²) in [5, 5.41) is 13.5. The summed E-state index contributed by atoms with van der Waals surface area (Å²) in [5.41, 5.74) is 4.76. The molecule has 1 fully saturated rings. The molecule has 0 aromatic carbocycles. The number of aryl methyl sites for hydroxylation is 1. The maximum absolute atomic E-state index is 12.4. The van der Waals surface area contributed by atoms with Crippen LogP contribution in [0, 0.1) is 0 Å². The van der Waals surface area contributed by atoms with Gasteiger partial charge in [0.25, 0.3) is 0 Å². The number of nitrogen functional groups attached to an aromatic ring is 1. The third-order valence-electron chi connectivity index (χ3n) is 3.47. The van der Waals surface area contributed by atoms with Crippen LogP contribution in [0.3, 0.4) is 0 Å². The lowest BCUT2D eigenvalue weighted by molar-refractivity contribution is 0.0223. The highest BCUT2D eigenvalue weighted by molar-refractivity contribution is 7.89. The second kappa shape index (κ2) is 5.68. The van der Waals surface area contributed by atoms with E-state index in [1.54, 1.807) is 0 Å². The quantitative estimate of drug-likeness (QED) is 0.662. The van der Waals surface area contributed by atoms with Crippen molar-refractivity contribution in [3.05, 3.63) is 6.20 Å². The fraction of sp³-hybridized carbons (Fsp3) is 0.727. The molecule has 1 aromatic heterocycles. The van der Waals surface area contributed by atoms with Crippen molar-refractivity contribution in [2.24, 2.45) is 0 Å². The van der Waals surface area contributed by atoms with Crippen molar-refractivity contribution >= 4 is 15.8 Å². The lowest BCUT2D eigenvalue weighted by Crippen LogP contribution is -2.54. The summed E-state index contributed by atoms with van der Waals surface area (Å²) in [6.07, 6.45) is 2.23. The molecular weight excluding hydrogens is 284 g/mol. The molecule has 1 saturated heterocycles. The standard InChI is InChI=1S/C11H20N4O4S/c1-2-15-7-9(10(12)13-15)20(17,18)14-11(8-16)3-5-19-6-4-11/h7,14,16H,2-6,8H2,1H3,(H2,12,13). The molecule has 20 heavy (non-hydrogen) atoms. The fourth-order valence-electron chi connectivity index (χ4n) is 2.18. The minimum absolute atomic E-state index is 0.0421. The third-order valence-corrected chi connectivity index (χ3v) is 5.07. The van der Waals surface area contributed by atoms with E-state index < -0.39 is 15.6 Å². The van der Waals surface area contributed by atoms with Crippen LogP contribution in [0.1, 0.15) is 19.8 Å². The molecule has 0 unspecified atom stereocenters. The lowest BCUT2D eigenvalue weighted by Gasteiger charge is -2.35. The van der Waals surface area contributed by atoms with Crippen LogP contribution in [-0.4, -0.2) is 48.7 Å². The Balaban J connectivity index is 2.27. The van der Waals surface area contributed by atoms with Gasteiger partial charge in [-0.25, -0.2) is 13.1 Å². The fourth-order valence-corrected chi connectivity index (χ4v) is 3.71. The average molecular weight is 304 g/mol. The van der Waals surface area contributed by atoms with E-state index in [9.17, 15) is 13.5 Å². The molecule has 1 aromatic rings. The number of aliphatic hydroxyl groups excluding tert-OH is 1. The Morgan fingerprint density at radius 3 is 2.70 bits per heavy atom. The third kappa shape index (κ3) is 2.95. The summed E-state index contributed by atoms with van der Waals surface area (Å²) in [4.78, 5) is -0.0568. The molecule has 2 rings (SSSR count). The Labute approximate surface area is 118 Å². The van der Waals surface area contributed by atoms with E-state index in [0.717, 1.165) is 0 Å². The number of hydrogen-bond acceptors (Lipinski definition) is 6. The normalized spacial score (nSPS) is 19.1.